The van der Waals surface area contributed by atoms with Crippen LogP contribution in [0.15, 0.2) is 30.5 Å². The predicted octanol–water partition coefficient (Wildman–Crippen LogP) is 1.69. The molecule has 0 aliphatic rings. The number of carbonyl (C=O) groups excluding carboxylic acids is 1. The maximum absolute atomic E-state index is 11.9. The third kappa shape index (κ3) is 2.28. The van der Waals surface area contributed by atoms with Crippen LogP contribution in [0.5, 0.6) is 5.75 Å². The first-order chi connectivity index (χ1) is 8.08. The molecule has 0 spiro atoms. The van der Waals surface area contributed by atoms with Crippen molar-refractivity contribution in [3.63, 3.8) is 0 Å². The Hall–Kier alpha value is -2.30. The van der Waals surface area contributed by atoms with Crippen LogP contribution in [0.1, 0.15) is 16.1 Å². The molecule has 5 nitrogen and oxygen atoms in total. The molecule has 0 aliphatic heterocycles. The Morgan fingerprint density at radius 2 is 2.12 bits per heavy atom. The normalized spacial score (nSPS) is 10.2. The summed E-state index contributed by atoms with van der Waals surface area (Å²) in [7, 11) is 1.75. The highest BCUT2D eigenvalue weighted by Gasteiger charge is 2.13. The fraction of sp³-hybridized carbons (Fsp3) is 0.167. The quantitative estimate of drug-likeness (QED) is 0.773. The van der Waals surface area contributed by atoms with E-state index in [0.717, 1.165) is 0 Å². The van der Waals surface area contributed by atoms with Gasteiger partial charge in [-0.2, -0.15) is 5.10 Å². The third-order valence-electron chi connectivity index (χ3n) is 2.41. The van der Waals surface area contributed by atoms with E-state index in [2.05, 4.69) is 10.4 Å². The molecule has 0 unspecified atom stereocenters. The maximum Gasteiger partial charge on any atom is 0.259 e. The van der Waals surface area contributed by atoms with Gasteiger partial charge >= 0.3 is 0 Å². The largest absolute Gasteiger partial charge is 0.506 e. The number of aromatic hydroxyl groups is 1. The van der Waals surface area contributed by atoms with Gasteiger partial charge in [0.1, 0.15) is 5.75 Å². The molecule has 1 heterocycles. The number of phenolic OH excluding ortho intramolecular Hbond substituents is 1. The van der Waals surface area contributed by atoms with Gasteiger partial charge < -0.3 is 10.4 Å². The second-order valence-corrected chi connectivity index (χ2v) is 3.77. The molecule has 1 aromatic carbocycles. The van der Waals surface area contributed by atoms with Crippen LogP contribution in [0.3, 0.4) is 0 Å². The van der Waals surface area contributed by atoms with Crippen LogP contribution in [0.4, 0.5) is 5.69 Å². The van der Waals surface area contributed by atoms with E-state index in [0.29, 0.717) is 16.9 Å². The average molecular weight is 231 g/mol. The SMILES string of the molecule is Cc1nn(C)cc1C(=O)Nc1ccccc1O. The molecule has 1 aromatic heterocycles. The van der Waals surface area contributed by atoms with E-state index in [1.165, 1.54) is 6.07 Å². The van der Waals surface area contributed by atoms with Gasteiger partial charge in [0.15, 0.2) is 0 Å². The summed E-state index contributed by atoms with van der Waals surface area (Å²) < 4.78 is 1.58. The number of hydrogen-bond acceptors (Lipinski definition) is 3. The van der Waals surface area contributed by atoms with Crippen molar-refractivity contribution in [3.05, 3.63) is 41.7 Å². The molecule has 0 radical (unpaired) electrons. The minimum absolute atomic E-state index is 0.0439. The van der Waals surface area contributed by atoms with Crippen molar-refractivity contribution in [1.29, 1.82) is 0 Å². The zero-order valence-electron chi connectivity index (χ0n) is 9.64. The second-order valence-electron chi connectivity index (χ2n) is 3.77. The molecule has 2 rings (SSSR count). The predicted molar refractivity (Wildman–Crippen MR) is 64.0 cm³/mol. The smallest absolute Gasteiger partial charge is 0.259 e. The number of rotatable bonds is 2. The number of carbonyl (C=O) groups is 1. The highest BCUT2D eigenvalue weighted by atomic mass is 16.3. The Kier molecular flexibility index (Phi) is 2.82. The minimum Gasteiger partial charge on any atom is -0.506 e. The highest BCUT2D eigenvalue weighted by molar-refractivity contribution is 6.05. The molecule has 88 valence electrons. The molecule has 0 bridgehead atoms. The Bertz CT molecular complexity index is 561. The van der Waals surface area contributed by atoms with Crippen molar-refractivity contribution >= 4 is 11.6 Å². The van der Waals surface area contributed by atoms with Crippen molar-refractivity contribution in [1.82, 2.24) is 9.78 Å². The molecular formula is C12H13N3O2. The zero-order chi connectivity index (χ0) is 12.4. The van der Waals surface area contributed by atoms with Gasteiger partial charge in [-0.3, -0.25) is 9.48 Å². The molecule has 0 atom stereocenters. The van der Waals surface area contributed by atoms with Crippen LogP contribution in [0.25, 0.3) is 0 Å². The summed E-state index contributed by atoms with van der Waals surface area (Å²) in [4.78, 5) is 11.9. The number of nitrogens with one attached hydrogen (secondary N) is 1. The van der Waals surface area contributed by atoms with Gasteiger partial charge in [-0.25, -0.2) is 0 Å². The lowest BCUT2D eigenvalue weighted by Gasteiger charge is -2.05. The first-order valence-electron chi connectivity index (χ1n) is 5.17. The number of anilines is 1. The summed E-state index contributed by atoms with van der Waals surface area (Å²) in [5.41, 5.74) is 1.54. The van der Waals surface area contributed by atoms with Gasteiger partial charge in [0, 0.05) is 13.2 Å². The van der Waals surface area contributed by atoms with Crippen molar-refractivity contribution in [2.45, 2.75) is 6.92 Å². The van der Waals surface area contributed by atoms with E-state index in [1.54, 1.807) is 43.0 Å². The lowest BCUT2D eigenvalue weighted by atomic mass is 10.2. The molecular weight excluding hydrogens is 218 g/mol. The topological polar surface area (TPSA) is 67.2 Å². The number of aromatic nitrogens is 2. The van der Waals surface area contributed by atoms with E-state index >= 15 is 0 Å². The minimum atomic E-state index is -0.280. The second kappa shape index (κ2) is 4.29. The first kappa shape index (κ1) is 11.2. The summed E-state index contributed by atoms with van der Waals surface area (Å²) in [6, 6.07) is 6.59. The van der Waals surface area contributed by atoms with Gasteiger partial charge in [-0.15, -0.1) is 0 Å². The lowest BCUT2D eigenvalue weighted by Crippen LogP contribution is -2.12. The number of para-hydroxylation sites is 2. The number of phenols is 1. The number of nitrogens with zero attached hydrogens (tertiary/aromatic N) is 2. The summed E-state index contributed by atoms with van der Waals surface area (Å²) >= 11 is 0. The van der Waals surface area contributed by atoms with E-state index in [-0.39, 0.29) is 11.7 Å². The molecule has 17 heavy (non-hydrogen) atoms. The van der Waals surface area contributed by atoms with Crippen molar-refractivity contribution in [3.8, 4) is 5.75 Å². The summed E-state index contributed by atoms with van der Waals surface area (Å²) in [6.07, 6.45) is 1.64. The van der Waals surface area contributed by atoms with E-state index in [4.69, 9.17) is 0 Å². The van der Waals surface area contributed by atoms with Gasteiger partial charge in [0.05, 0.1) is 16.9 Å². The van der Waals surface area contributed by atoms with Crippen molar-refractivity contribution in [2.75, 3.05) is 5.32 Å². The van der Waals surface area contributed by atoms with E-state index in [1.807, 2.05) is 0 Å². The average Bonchev–Trinajstić information content (AvgIpc) is 2.61. The van der Waals surface area contributed by atoms with E-state index in [9.17, 15) is 9.90 Å². The monoisotopic (exact) mass is 231 g/mol. The fourth-order valence-electron chi connectivity index (χ4n) is 1.59. The van der Waals surface area contributed by atoms with Crippen LogP contribution in [0, 0.1) is 6.92 Å². The molecule has 0 saturated heterocycles. The number of hydrogen-bond donors (Lipinski definition) is 2. The molecule has 5 heteroatoms. The third-order valence-corrected chi connectivity index (χ3v) is 2.41. The Morgan fingerprint density at radius 1 is 1.41 bits per heavy atom. The molecule has 2 N–H and O–H groups in total. The Balaban J connectivity index is 2.23. The molecule has 0 aliphatic carbocycles. The first-order valence-corrected chi connectivity index (χ1v) is 5.17. The number of amides is 1. The van der Waals surface area contributed by atoms with Gasteiger partial charge in [-0.1, -0.05) is 12.1 Å². The van der Waals surface area contributed by atoms with Crippen LogP contribution >= 0.6 is 0 Å². The van der Waals surface area contributed by atoms with Crippen molar-refractivity contribution < 1.29 is 9.90 Å². The zero-order valence-corrected chi connectivity index (χ0v) is 9.64. The number of aryl methyl sites for hydroxylation is 2. The molecule has 0 fully saturated rings. The molecule has 0 saturated carbocycles. The number of benzene rings is 1. The Labute approximate surface area is 98.7 Å². The van der Waals surface area contributed by atoms with Crippen LogP contribution < -0.4 is 5.32 Å². The van der Waals surface area contributed by atoms with Crippen LogP contribution in [0.2, 0.25) is 0 Å². The standard InChI is InChI=1S/C12H13N3O2/c1-8-9(7-15(2)14-8)12(17)13-10-5-3-4-6-11(10)16/h3-7,16H,1-2H3,(H,13,17). The van der Waals surface area contributed by atoms with E-state index < -0.39 is 0 Å². The fourth-order valence-corrected chi connectivity index (χ4v) is 1.59. The maximum atomic E-state index is 11.9. The molecule has 1 amide bonds. The van der Waals surface area contributed by atoms with Gasteiger partial charge in [0.25, 0.3) is 5.91 Å². The van der Waals surface area contributed by atoms with Gasteiger partial charge in [-0.05, 0) is 19.1 Å². The molecule has 2 aromatic rings. The van der Waals surface area contributed by atoms with Crippen LogP contribution in [-0.4, -0.2) is 20.8 Å². The lowest BCUT2D eigenvalue weighted by molar-refractivity contribution is 0.102. The summed E-state index contributed by atoms with van der Waals surface area (Å²) in [6.45, 7) is 1.76. The highest BCUT2D eigenvalue weighted by Crippen LogP contribution is 2.22. The Morgan fingerprint density at radius 3 is 2.71 bits per heavy atom. The van der Waals surface area contributed by atoms with Crippen molar-refractivity contribution in [2.24, 2.45) is 7.05 Å². The van der Waals surface area contributed by atoms with Crippen LogP contribution in [-0.2, 0) is 7.05 Å². The summed E-state index contributed by atoms with van der Waals surface area (Å²) in [5, 5.41) is 16.3. The summed E-state index contributed by atoms with van der Waals surface area (Å²) in [5.74, 6) is -0.237. The van der Waals surface area contributed by atoms with Gasteiger partial charge in [0.2, 0.25) is 0 Å².